The summed E-state index contributed by atoms with van der Waals surface area (Å²) in [5, 5.41) is 4.41. The molecular formula is C18H26N2O10S. The Morgan fingerprint density at radius 1 is 0.710 bits per heavy atom. The summed E-state index contributed by atoms with van der Waals surface area (Å²) in [6.45, 7) is 4.56. The molecule has 12 nitrogen and oxygen atoms in total. The van der Waals surface area contributed by atoms with Gasteiger partial charge in [-0.1, -0.05) is 0 Å². The molecule has 0 saturated heterocycles. The van der Waals surface area contributed by atoms with E-state index in [0.29, 0.717) is 24.6 Å². The van der Waals surface area contributed by atoms with Gasteiger partial charge < -0.3 is 39.1 Å². The molecule has 0 radical (unpaired) electrons. The topological polar surface area (TPSA) is 148 Å². The lowest BCUT2D eigenvalue weighted by molar-refractivity contribution is 0.0332. The molecule has 0 aliphatic carbocycles. The number of carbonyl (C=O) groups excluding carboxylic acids is 4. The fourth-order valence-electron chi connectivity index (χ4n) is 1.95. The van der Waals surface area contributed by atoms with Crippen LogP contribution in [-0.4, -0.2) is 77.9 Å². The molecule has 0 fully saturated rings. The molecule has 0 saturated carbocycles. The molecule has 1 rings (SSSR count). The smallest absolute Gasteiger partial charge is 0.412 e. The molecular weight excluding hydrogens is 436 g/mol. The molecule has 0 aliphatic rings. The Kier molecular flexibility index (Phi) is 11.9. The molecule has 0 aromatic carbocycles. The largest absolute Gasteiger partial charge is 0.459 e. The van der Waals surface area contributed by atoms with Crippen LogP contribution in [0.5, 0.6) is 11.5 Å². The summed E-state index contributed by atoms with van der Waals surface area (Å²) in [6.07, 6.45) is -1.92. The molecule has 1 aromatic rings. The highest BCUT2D eigenvalue weighted by atomic mass is 32.1. The minimum absolute atomic E-state index is 0.0796. The van der Waals surface area contributed by atoms with Crippen molar-refractivity contribution in [3.63, 3.8) is 0 Å². The van der Waals surface area contributed by atoms with E-state index in [1.165, 1.54) is 14.1 Å². The Morgan fingerprint density at radius 2 is 1.10 bits per heavy atom. The third-order valence-electron chi connectivity index (χ3n) is 3.32. The number of hydrogen-bond donors (Lipinski definition) is 2. The average Bonchev–Trinajstić information content (AvgIpc) is 3.11. The van der Waals surface area contributed by atoms with E-state index < -0.39 is 35.6 Å². The predicted molar refractivity (Wildman–Crippen MR) is 108 cm³/mol. The number of ether oxygens (including phenoxy) is 6. The Hall–Kier alpha value is -2.90. The molecule has 2 N–H and O–H groups in total. The van der Waals surface area contributed by atoms with Crippen molar-refractivity contribution in [2.24, 2.45) is 0 Å². The first-order chi connectivity index (χ1) is 14.9. The summed E-state index contributed by atoms with van der Waals surface area (Å²) >= 11 is 0.594. The third kappa shape index (κ3) is 8.39. The quantitative estimate of drug-likeness (QED) is 0.346. The molecule has 1 aromatic heterocycles. The average molecular weight is 462 g/mol. The summed E-state index contributed by atoms with van der Waals surface area (Å²) in [5.41, 5.74) is 0. The second-order valence-corrected chi connectivity index (χ2v) is 6.38. The van der Waals surface area contributed by atoms with Gasteiger partial charge in [-0.05, 0) is 13.8 Å². The molecule has 0 spiro atoms. The van der Waals surface area contributed by atoms with Crippen molar-refractivity contribution in [1.82, 2.24) is 10.6 Å². The number of thiophene rings is 1. The van der Waals surface area contributed by atoms with Gasteiger partial charge in [-0.2, -0.15) is 0 Å². The summed E-state index contributed by atoms with van der Waals surface area (Å²) in [7, 11) is 2.58. The fourth-order valence-corrected chi connectivity index (χ4v) is 2.89. The van der Waals surface area contributed by atoms with E-state index in [-0.39, 0.29) is 36.2 Å². The van der Waals surface area contributed by atoms with Gasteiger partial charge in [0, 0.05) is 27.3 Å². The highest BCUT2D eigenvalue weighted by molar-refractivity contribution is 7.16. The zero-order valence-corrected chi connectivity index (χ0v) is 18.5. The van der Waals surface area contributed by atoms with Crippen molar-refractivity contribution in [1.29, 1.82) is 0 Å². The maximum Gasteiger partial charge on any atom is 0.412 e. The summed E-state index contributed by atoms with van der Waals surface area (Å²) in [4.78, 5) is 48.1. The molecule has 31 heavy (non-hydrogen) atoms. The highest BCUT2D eigenvalue weighted by Gasteiger charge is 2.33. The number of carbonyl (C=O) groups is 4. The van der Waals surface area contributed by atoms with Crippen LogP contribution in [0.3, 0.4) is 0 Å². The number of hydrogen-bond acceptors (Lipinski definition) is 11. The second-order valence-electron chi connectivity index (χ2n) is 5.36. The van der Waals surface area contributed by atoms with Crippen LogP contribution in [0.15, 0.2) is 0 Å². The van der Waals surface area contributed by atoms with Gasteiger partial charge in [0.15, 0.2) is 9.75 Å². The van der Waals surface area contributed by atoms with Gasteiger partial charge in [0.2, 0.25) is 11.5 Å². The number of rotatable bonds is 12. The van der Waals surface area contributed by atoms with Gasteiger partial charge in [-0.3, -0.25) is 0 Å². The monoisotopic (exact) mass is 462 g/mol. The molecule has 0 aliphatic heterocycles. The Balaban J connectivity index is 3.28. The lowest BCUT2D eigenvalue weighted by atomic mass is 10.3. The molecule has 2 amide bonds. The fraction of sp³-hybridized carbons (Fsp3) is 0.556. The van der Waals surface area contributed by atoms with Crippen LogP contribution in [-0.2, 0) is 18.9 Å². The van der Waals surface area contributed by atoms with Crippen LogP contribution < -0.4 is 20.1 Å². The SMILES string of the molecule is CCOCCOC(=O)c1sc(C(=O)OCCOCC)c(OC(=O)NC)c1OC(=O)NC. The first-order valence-corrected chi connectivity index (χ1v) is 10.2. The molecule has 0 atom stereocenters. The summed E-state index contributed by atoms with van der Waals surface area (Å²) in [6, 6.07) is 0. The lowest BCUT2D eigenvalue weighted by Gasteiger charge is -2.09. The van der Waals surface area contributed by atoms with Gasteiger partial charge in [0.1, 0.15) is 13.2 Å². The van der Waals surface area contributed by atoms with Crippen molar-refractivity contribution >= 4 is 35.5 Å². The maximum atomic E-state index is 12.5. The van der Waals surface area contributed by atoms with Gasteiger partial charge in [0.05, 0.1) is 13.2 Å². The Labute approximate surface area is 183 Å². The number of esters is 2. The third-order valence-corrected chi connectivity index (χ3v) is 4.43. The summed E-state index contributed by atoms with van der Waals surface area (Å²) < 4.78 is 30.5. The standard InChI is InChI=1S/C18H26N2O10S/c1-5-25-7-9-27-15(21)13-11(29-17(23)19-3)12(30-18(24)20-4)14(31-13)16(22)28-10-8-26-6-2/h5-10H2,1-4H3,(H,19,23)(H,20,24). The van der Waals surface area contributed by atoms with Crippen LogP contribution in [0.2, 0.25) is 0 Å². The molecule has 1 heterocycles. The minimum Gasteiger partial charge on any atom is -0.459 e. The lowest BCUT2D eigenvalue weighted by Crippen LogP contribution is -2.25. The van der Waals surface area contributed by atoms with E-state index in [4.69, 9.17) is 28.4 Å². The molecule has 0 bridgehead atoms. The zero-order chi connectivity index (χ0) is 23.2. The first-order valence-electron chi connectivity index (χ1n) is 9.35. The van der Waals surface area contributed by atoms with E-state index in [1.54, 1.807) is 13.8 Å². The van der Waals surface area contributed by atoms with Crippen LogP contribution in [0.4, 0.5) is 9.59 Å². The van der Waals surface area contributed by atoms with E-state index >= 15 is 0 Å². The molecule has 0 unspecified atom stereocenters. The van der Waals surface area contributed by atoms with Crippen molar-refractivity contribution < 1.29 is 47.6 Å². The van der Waals surface area contributed by atoms with Gasteiger partial charge in [0.25, 0.3) is 0 Å². The van der Waals surface area contributed by atoms with E-state index in [2.05, 4.69) is 10.6 Å². The zero-order valence-electron chi connectivity index (χ0n) is 17.7. The van der Waals surface area contributed by atoms with Crippen LogP contribution in [0.1, 0.15) is 33.2 Å². The normalized spacial score (nSPS) is 10.2. The van der Waals surface area contributed by atoms with Crippen molar-refractivity contribution in [3.8, 4) is 11.5 Å². The predicted octanol–water partition coefficient (Wildman–Crippen LogP) is 1.57. The van der Waals surface area contributed by atoms with Gasteiger partial charge in [-0.15, -0.1) is 11.3 Å². The van der Waals surface area contributed by atoms with Crippen molar-refractivity contribution in [3.05, 3.63) is 9.75 Å². The minimum atomic E-state index is -0.959. The van der Waals surface area contributed by atoms with Crippen LogP contribution >= 0.6 is 11.3 Å². The number of amides is 2. The van der Waals surface area contributed by atoms with E-state index in [0.717, 1.165) is 0 Å². The van der Waals surface area contributed by atoms with Crippen LogP contribution in [0, 0.1) is 0 Å². The molecule has 174 valence electrons. The van der Waals surface area contributed by atoms with E-state index in [1.807, 2.05) is 0 Å². The van der Waals surface area contributed by atoms with Crippen LogP contribution in [0.25, 0.3) is 0 Å². The van der Waals surface area contributed by atoms with Gasteiger partial charge >= 0.3 is 24.1 Å². The Morgan fingerprint density at radius 3 is 1.42 bits per heavy atom. The van der Waals surface area contributed by atoms with Crippen molar-refractivity contribution in [2.75, 3.05) is 53.7 Å². The second kappa shape index (κ2) is 14.2. The summed E-state index contributed by atoms with van der Waals surface area (Å²) in [5.74, 6) is -2.71. The number of nitrogens with one attached hydrogen (secondary N) is 2. The van der Waals surface area contributed by atoms with E-state index in [9.17, 15) is 19.2 Å². The van der Waals surface area contributed by atoms with Gasteiger partial charge in [-0.25, -0.2) is 19.2 Å². The highest BCUT2D eigenvalue weighted by Crippen LogP contribution is 2.43. The molecule has 13 heteroatoms. The Bertz CT molecular complexity index is 704. The maximum absolute atomic E-state index is 12.5. The van der Waals surface area contributed by atoms with Crippen molar-refractivity contribution in [2.45, 2.75) is 13.8 Å². The first kappa shape index (κ1) is 26.1.